The molecular weight excluding hydrogens is 550 g/mol. The SMILES string of the molecule is CNC(=O)[C@@H]1C[C@H](N(C(=O)C(C)(C)C)C2CCC(C)CC2)C[N+]1(C)C(=O)[C@]1(c2ccc(F)cc2F)CCN(C(C)(C)C)C1. The van der Waals surface area contributed by atoms with E-state index in [1.54, 1.807) is 14.1 Å². The van der Waals surface area contributed by atoms with E-state index in [1.165, 1.54) is 12.1 Å². The van der Waals surface area contributed by atoms with Crippen molar-refractivity contribution in [2.45, 2.75) is 116 Å². The molecule has 2 heterocycles. The Labute approximate surface area is 256 Å². The predicted octanol–water partition coefficient (Wildman–Crippen LogP) is 5.02. The van der Waals surface area contributed by atoms with Crippen LogP contribution in [0.3, 0.4) is 0 Å². The summed E-state index contributed by atoms with van der Waals surface area (Å²) in [4.78, 5) is 47.0. The topological polar surface area (TPSA) is 69.7 Å². The van der Waals surface area contributed by atoms with Crippen molar-refractivity contribution in [1.29, 1.82) is 0 Å². The quantitative estimate of drug-likeness (QED) is 0.480. The molecule has 1 aromatic carbocycles. The highest BCUT2D eigenvalue weighted by Gasteiger charge is 2.63. The van der Waals surface area contributed by atoms with E-state index in [1.807, 2.05) is 25.7 Å². The molecule has 4 rings (SSSR count). The maximum absolute atomic E-state index is 15.6. The van der Waals surface area contributed by atoms with Crippen LogP contribution in [0.1, 0.15) is 92.6 Å². The van der Waals surface area contributed by atoms with E-state index in [4.69, 9.17) is 0 Å². The van der Waals surface area contributed by atoms with Gasteiger partial charge in [0, 0.05) is 55.2 Å². The Morgan fingerprint density at radius 2 is 1.65 bits per heavy atom. The number of carbonyl (C=O) groups excluding carboxylic acids is 3. The number of nitrogens with zero attached hydrogens (tertiary/aromatic N) is 3. The van der Waals surface area contributed by atoms with Crippen LogP contribution in [-0.2, 0) is 19.8 Å². The Kier molecular flexibility index (Phi) is 9.23. The molecule has 43 heavy (non-hydrogen) atoms. The van der Waals surface area contributed by atoms with Crippen molar-refractivity contribution in [3.8, 4) is 0 Å². The number of rotatable bonds is 5. The molecule has 2 aliphatic heterocycles. The fourth-order valence-electron chi connectivity index (χ4n) is 7.88. The average molecular weight is 604 g/mol. The summed E-state index contributed by atoms with van der Waals surface area (Å²) in [5, 5.41) is 2.77. The van der Waals surface area contributed by atoms with Crippen molar-refractivity contribution in [3.63, 3.8) is 0 Å². The van der Waals surface area contributed by atoms with Gasteiger partial charge >= 0.3 is 5.91 Å². The van der Waals surface area contributed by atoms with E-state index in [0.717, 1.165) is 31.7 Å². The van der Waals surface area contributed by atoms with Crippen LogP contribution in [0.25, 0.3) is 0 Å². The van der Waals surface area contributed by atoms with Crippen molar-refractivity contribution >= 4 is 17.7 Å². The van der Waals surface area contributed by atoms with Crippen LogP contribution in [0, 0.1) is 23.0 Å². The Morgan fingerprint density at radius 1 is 1.02 bits per heavy atom. The molecule has 0 spiro atoms. The fraction of sp³-hybridized carbons (Fsp3) is 0.735. The number of likely N-dealkylation sites (tertiary alicyclic amines) is 2. The smallest absolute Gasteiger partial charge is 0.326 e. The number of carbonyl (C=O) groups is 3. The molecule has 240 valence electrons. The maximum atomic E-state index is 15.6. The first-order chi connectivity index (χ1) is 19.8. The van der Waals surface area contributed by atoms with Crippen LogP contribution in [0.2, 0.25) is 0 Å². The van der Waals surface area contributed by atoms with Gasteiger partial charge in [0.15, 0.2) is 6.04 Å². The standard InChI is InChI=1S/C34H52F2N4O3/c1-22-10-13-24(14-11-22)39(30(42)32(2,3)4)25-19-28(29(41)37-8)40(9,20-25)31(43)34(16-17-38(21-34)33(5,6)7)26-15-12-23(35)18-27(26)36/h12,15,18,22,24-25,28H,10-11,13-14,16-17,19-21H2,1-9H3/p+1/t22?,24?,25-,28-,34+,40?/m0/s1. The molecule has 0 radical (unpaired) electrons. The summed E-state index contributed by atoms with van der Waals surface area (Å²) in [5.74, 6) is -1.32. The summed E-state index contributed by atoms with van der Waals surface area (Å²) in [5.41, 5.74) is -2.01. The summed E-state index contributed by atoms with van der Waals surface area (Å²) in [6, 6.07) is 2.44. The van der Waals surface area contributed by atoms with Gasteiger partial charge in [-0.2, -0.15) is 0 Å². The molecule has 0 bridgehead atoms. The first kappa shape index (κ1) is 33.5. The van der Waals surface area contributed by atoms with Crippen LogP contribution < -0.4 is 5.32 Å². The Bertz CT molecular complexity index is 1230. The van der Waals surface area contributed by atoms with Crippen LogP contribution in [0.5, 0.6) is 0 Å². The van der Waals surface area contributed by atoms with Gasteiger partial charge in [-0.1, -0.05) is 33.8 Å². The average Bonchev–Trinajstić information content (AvgIpc) is 3.52. The van der Waals surface area contributed by atoms with Gasteiger partial charge in [0.05, 0.1) is 13.1 Å². The van der Waals surface area contributed by atoms with Gasteiger partial charge in [-0.15, -0.1) is 0 Å². The number of hydrogen-bond acceptors (Lipinski definition) is 4. The second-order valence-electron chi connectivity index (χ2n) is 15.7. The molecule has 1 aromatic rings. The van der Waals surface area contributed by atoms with E-state index in [9.17, 15) is 14.0 Å². The van der Waals surface area contributed by atoms with Crippen molar-refractivity contribution in [2.24, 2.45) is 11.3 Å². The van der Waals surface area contributed by atoms with E-state index in [2.05, 4.69) is 37.9 Å². The molecule has 3 amide bonds. The minimum absolute atomic E-state index is 0.0349. The Hall–Kier alpha value is -2.39. The lowest BCUT2D eigenvalue weighted by Gasteiger charge is -2.43. The largest absolute Gasteiger partial charge is 0.354 e. The summed E-state index contributed by atoms with van der Waals surface area (Å²) >= 11 is 0. The number of amides is 3. The third-order valence-electron chi connectivity index (χ3n) is 10.5. The van der Waals surface area contributed by atoms with E-state index >= 15 is 9.18 Å². The zero-order chi connectivity index (χ0) is 32.1. The third kappa shape index (κ3) is 6.26. The van der Waals surface area contributed by atoms with Crippen LogP contribution >= 0.6 is 0 Å². The molecule has 4 atom stereocenters. The van der Waals surface area contributed by atoms with Crippen molar-refractivity contribution in [1.82, 2.24) is 15.1 Å². The minimum atomic E-state index is -1.28. The summed E-state index contributed by atoms with van der Waals surface area (Å²) in [6.45, 7) is 15.3. The normalized spacial score (nSPS) is 32.1. The van der Waals surface area contributed by atoms with Crippen molar-refractivity contribution < 1.29 is 27.6 Å². The number of benzene rings is 1. The molecule has 1 N–H and O–H groups in total. The third-order valence-corrected chi connectivity index (χ3v) is 10.5. The molecular formula is C34H53F2N4O3+. The lowest BCUT2D eigenvalue weighted by molar-refractivity contribution is -0.840. The molecule has 9 heteroatoms. The van der Waals surface area contributed by atoms with Gasteiger partial charge in [0.25, 0.3) is 5.91 Å². The fourth-order valence-corrected chi connectivity index (χ4v) is 7.88. The highest BCUT2D eigenvalue weighted by atomic mass is 19.1. The van der Waals surface area contributed by atoms with Gasteiger partial charge in [-0.3, -0.25) is 19.0 Å². The van der Waals surface area contributed by atoms with Crippen LogP contribution in [0.15, 0.2) is 18.2 Å². The Morgan fingerprint density at radius 3 is 2.16 bits per heavy atom. The minimum Gasteiger partial charge on any atom is -0.354 e. The van der Waals surface area contributed by atoms with Gasteiger partial charge in [0.2, 0.25) is 5.91 Å². The summed E-state index contributed by atoms with van der Waals surface area (Å²) in [7, 11) is 3.35. The first-order valence-electron chi connectivity index (χ1n) is 16.0. The predicted molar refractivity (Wildman–Crippen MR) is 164 cm³/mol. The number of likely N-dealkylation sites (N-methyl/N-ethyl adjacent to an activating group) is 2. The highest BCUT2D eigenvalue weighted by Crippen LogP contribution is 2.45. The highest BCUT2D eigenvalue weighted by molar-refractivity contribution is 5.89. The van der Waals surface area contributed by atoms with Crippen LogP contribution in [0.4, 0.5) is 8.78 Å². The lowest BCUT2D eigenvalue weighted by atomic mass is 9.76. The second kappa shape index (κ2) is 11.8. The van der Waals surface area contributed by atoms with Crippen molar-refractivity contribution in [3.05, 3.63) is 35.4 Å². The molecule has 0 aromatic heterocycles. The molecule has 3 aliphatic rings. The first-order valence-corrected chi connectivity index (χ1v) is 16.0. The zero-order valence-electron chi connectivity index (χ0n) is 27.7. The molecule has 1 aliphatic carbocycles. The monoisotopic (exact) mass is 603 g/mol. The van der Waals surface area contributed by atoms with Gasteiger partial charge < -0.3 is 10.2 Å². The van der Waals surface area contributed by atoms with Crippen molar-refractivity contribution in [2.75, 3.05) is 33.7 Å². The summed E-state index contributed by atoms with van der Waals surface area (Å²) < 4.78 is 29.5. The summed E-state index contributed by atoms with van der Waals surface area (Å²) in [6.07, 6.45) is 4.56. The molecule has 1 unspecified atom stereocenters. The van der Waals surface area contributed by atoms with E-state index in [0.29, 0.717) is 25.3 Å². The number of halogens is 2. The van der Waals surface area contributed by atoms with E-state index < -0.39 is 28.5 Å². The molecule has 3 fully saturated rings. The van der Waals surface area contributed by atoms with Crippen LogP contribution in [-0.4, -0.2) is 89.4 Å². The van der Waals surface area contributed by atoms with E-state index in [-0.39, 0.29) is 58.5 Å². The zero-order valence-corrected chi connectivity index (χ0v) is 27.7. The number of quaternary nitrogens is 1. The van der Waals surface area contributed by atoms with Gasteiger partial charge in [0.1, 0.15) is 23.6 Å². The van der Waals surface area contributed by atoms with Gasteiger partial charge in [-0.25, -0.2) is 13.6 Å². The number of nitrogens with one attached hydrogen (secondary N) is 1. The molecule has 1 saturated carbocycles. The second-order valence-corrected chi connectivity index (χ2v) is 15.7. The van der Waals surface area contributed by atoms with Gasteiger partial charge in [-0.05, 0) is 64.9 Å². The maximum Gasteiger partial charge on any atom is 0.326 e. The Balaban J connectivity index is 1.81. The number of hydrogen-bond donors (Lipinski definition) is 1. The molecule has 7 nitrogen and oxygen atoms in total. The lowest BCUT2D eigenvalue weighted by Crippen LogP contribution is -2.65. The molecule has 2 saturated heterocycles.